The first-order valence-corrected chi connectivity index (χ1v) is 9.06. The summed E-state index contributed by atoms with van der Waals surface area (Å²) < 4.78 is 25.0. The maximum Gasteiger partial charge on any atom is 0.411 e. The predicted octanol–water partition coefficient (Wildman–Crippen LogP) is 2.86. The molecule has 1 aromatic heterocycles. The molecule has 9 heteroatoms. The van der Waals surface area contributed by atoms with Crippen LogP contribution in [0.15, 0.2) is 30.5 Å². The van der Waals surface area contributed by atoms with Gasteiger partial charge in [0, 0.05) is 31.4 Å². The lowest BCUT2D eigenvalue weighted by Gasteiger charge is -2.29. The summed E-state index contributed by atoms with van der Waals surface area (Å²) in [6, 6.07) is 5.32. The summed E-state index contributed by atoms with van der Waals surface area (Å²) in [6.45, 7) is 0. The molecule has 1 aliphatic rings. The van der Waals surface area contributed by atoms with Crippen LogP contribution in [0.25, 0.3) is 0 Å². The van der Waals surface area contributed by atoms with Gasteiger partial charge in [-0.1, -0.05) is 0 Å². The Bertz CT molecular complexity index is 837. The molecule has 1 aliphatic carbocycles. The molecule has 8 nitrogen and oxygen atoms in total. The average molecular weight is 390 g/mol. The van der Waals surface area contributed by atoms with E-state index in [1.54, 1.807) is 13.2 Å². The molecule has 1 saturated carbocycles. The highest BCUT2D eigenvalue weighted by Gasteiger charge is 2.27. The van der Waals surface area contributed by atoms with Gasteiger partial charge in [-0.3, -0.25) is 14.8 Å². The number of carbonyl (C=O) groups is 2. The minimum atomic E-state index is -0.600. The van der Waals surface area contributed by atoms with Gasteiger partial charge in [0.25, 0.3) is 5.91 Å². The Balaban J connectivity index is 1.52. The van der Waals surface area contributed by atoms with Crippen molar-refractivity contribution in [2.24, 2.45) is 7.05 Å². The van der Waals surface area contributed by atoms with Crippen molar-refractivity contribution in [3.05, 3.63) is 41.8 Å². The highest BCUT2D eigenvalue weighted by molar-refractivity contribution is 5.96. The van der Waals surface area contributed by atoms with Crippen molar-refractivity contribution in [3.63, 3.8) is 0 Å². The van der Waals surface area contributed by atoms with Gasteiger partial charge < -0.3 is 14.8 Å². The second-order valence-corrected chi connectivity index (χ2v) is 6.72. The van der Waals surface area contributed by atoms with E-state index in [-0.39, 0.29) is 29.8 Å². The number of methoxy groups -OCH3 is 1. The van der Waals surface area contributed by atoms with Crippen LogP contribution in [0.5, 0.6) is 5.88 Å². The molecule has 0 spiro atoms. The van der Waals surface area contributed by atoms with Crippen LogP contribution < -0.4 is 15.4 Å². The number of ether oxygens (including phenoxy) is 2. The van der Waals surface area contributed by atoms with Crippen LogP contribution in [0.2, 0.25) is 0 Å². The zero-order valence-corrected chi connectivity index (χ0v) is 15.8. The Morgan fingerprint density at radius 1 is 1.25 bits per heavy atom. The summed E-state index contributed by atoms with van der Waals surface area (Å²) in [5.41, 5.74) is 0.817. The molecule has 150 valence electrons. The molecule has 1 aromatic carbocycles. The number of amides is 2. The van der Waals surface area contributed by atoms with Gasteiger partial charge >= 0.3 is 6.09 Å². The number of halogens is 1. The smallest absolute Gasteiger partial charge is 0.411 e. The molecule has 0 unspecified atom stereocenters. The molecular formula is C19H23FN4O4. The molecule has 2 N–H and O–H groups in total. The third-order valence-electron chi connectivity index (χ3n) is 4.56. The van der Waals surface area contributed by atoms with Crippen molar-refractivity contribution in [1.82, 2.24) is 15.1 Å². The van der Waals surface area contributed by atoms with E-state index in [1.807, 2.05) is 0 Å². The number of benzene rings is 1. The van der Waals surface area contributed by atoms with Crippen LogP contribution in [0.1, 0.15) is 36.0 Å². The van der Waals surface area contributed by atoms with Crippen molar-refractivity contribution in [3.8, 4) is 5.88 Å². The molecule has 2 atom stereocenters. The zero-order valence-electron chi connectivity index (χ0n) is 15.8. The summed E-state index contributed by atoms with van der Waals surface area (Å²) in [5, 5.41) is 9.61. The number of carbonyl (C=O) groups excluding carboxylic acids is 2. The van der Waals surface area contributed by atoms with E-state index < -0.39 is 6.09 Å². The first kappa shape index (κ1) is 19.7. The van der Waals surface area contributed by atoms with Gasteiger partial charge in [0.1, 0.15) is 17.5 Å². The molecule has 1 heterocycles. The Morgan fingerprint density at radius 2 is 2.00 bits per heavy atom. The first-order chi connectivity index (χ1) is 13.4. The highest BCUT2D eigenvalue weighted by atomic mass is 19.1. The summed E-state index contributed by atoms with van der Waals surface area (Å²) in [7, 11) is 3.17. The number of hydrogen-bond acceptors (Lipinski definition) is 5. The second-order valence-electron chi connectivity index (χ2n) is 6.72. The van der Waals surface area contributed by atoms with Crippen LogP contribution in [-0.2, 0) is 11.8 Å². The average Bonchev–Trinajstić information content (AvgIpc) is 3.05. The number of rotatable bonds is 5. The topological polar surface area (TPSA) is 94.5 Å². The van der Waals surface area contributed by atoms with Gasteiger partial charge in [0.15, 0.2) is 0 Å². The van der Waals surface area contributed by atoms with E-state index in [0.717, 1.165) is 19.3 Å². The van der Waals surface area contributed by atoms with Crippen molar-refractivity contribution < 1.29 is 23.5 Å². The zero-order chi connectivity index (χ0) is 20.1. The lowest BCUT2D eigenvalue weighted by atomic mass is 9.92. The van der Waals surface area contributed by atoms with E-state index in [4.69, 9.17) is 9.47 Å². The predicted molar refractivity (Wildman–Crippen MR) is 99.8 cm³/mol. The van der Waals surface area contributed by atoms with E-state index >= 15 is 0 Å². The van der Waals surface area contributed by atoms with Gasteiger partial charge in [-0.15, -0.1) is 5.10 Å². The van der Waals surface area contributed by atoms with Crippen molar-refractivity contribution in [2.45, 2.75) is 37.8 Å². The quantitative estimate of drug-likeness (QED) is 0.819. The minimum absolute atomic E-state index is 0.116. The Kier molecular flexibility index (Phi) is 6.13. The standard InChI is InChI=1S/C19H23FN4O4/c1-24-11-16(18(23-24)27-2)17(25)21-14-4-3-5-15(10-14)28-19(26)22-13-8-6-12(20)7-9-13/h6-9,11,14-15H,3-5,10H2,1-2H3,(H,21,25)(H,22,26)/t14-,15+/m1/s1. The molecule has 28 heavy (non-hydrogen) atoms. The molecular weight excluding hydrogens is 367 g/mol. The second kappa shape index (κ2) is 8.73. The van der Waals surface area contributed by atoms with Crippen LogP contribution in [0.3, 0.4) is 0 Å². The van der Waals surface area contributed by atoms with E-state index in [9.17, 15) is 14.0 Å². The Hall–Kier alpha value is -3.10. The molecule has 2 aromatic rings. The van der Waals surface area contributed by atoms with E-state index in [2.05, 4.69) is 15.7 Å². The highest BCUT2D eigenvalue weighted by Crippen LogP contribution is 2.23. The van der Waals surface area contributed by atoms with Crippen LogP contribution >= 0.6 is 0 Å². The normalized spacial score (nSPS) is 19.0. The van der Waals surface area contributed by atoms with Gasteiger partial charge in [0.05, 0.1) is 7.11 Å². The Labute approximate surface area is 162 Å². The summed E-state index contributed by atoms with van der Waals surface area (Å²) >= 11 is 0. The monoisotopic (exact) mass is 390 g/mol. The molecule has 0 radical (unpaired) electrons. The summed E-state index contributed by atoms with van der Waals surface area (Å²) in [4.78, 5) is 24.6. The Morgan fingerprint density at radius 3 is 2.71 bits per heavy atom. The fourth-order valence-corrected chi connectivity index (χ4v) is 3.25. The lowest BCUT2D eigenvalue weighted by Crippen LogP contribution is -2.41. The van der Waals surface area contributed by atoms with Crippen LogP contribution in [0, 0.1) is 5.82 Å². The number of aryl methyl sites for hydroxylation is 1. The maximum absolute atomic E-state index is 12.9. The third kappa shape index (κ3) is 4.99. The minimum Gasteiger partial charge on any atom is -0.479 e. The first-order valence-electron chi connectivity index (χ1n) is 9.06. The third-order valence-corrected chi connectivity index (χ3v) is 4.56. The molecule has 3 rings (SSSR count). The maximum atomic E-state index is 12.9. The van der Waals surface area contributed by atoms with Gasteiger partial charge in [-0.2, -0.15) is 0 Å². The molecule has 0 saturated heterocycles. The summed E-state index contributed by atoms with van der Waals surface area (Å²) in [5.74, 6) is -0.385. The number of nitrogens with one attached hydrogen (secondary N) is 2. The fraction of sp³-hybridized carbons (Fsp3) is 0.421. The van der Waals surface area contributed by atoms with Crippen molar-refractivity contribution in [1.29, 1.82) is 0 Å². The number of aromatic nitrogens is 2. The SMILES string of the molecule is COc1nn(C)cc1C(=O)N[C@@H]1CCC[C@H](OC(=O)Nc2ccc(F)cc2)C1. The van der Waals surface area contributed by atoms with Gasteiger partial charge in [-0.05, 0) is 43.5 Å². The van der Waals surface area contributed by atoms with E-state index in [1.165, 1.54) is 36.1 Å². The van der Waals surface area contributed by atoms with Gasteiger partial charge in [-0.25, -0.2) is 9.18 Å². The molecule has 0 bridgehead atoms. The van der Waals surface area contributed by atoms with Crippen LogP contribution in [-0.4, -0.2) is 41.0 Å². The molecule has 2 amide bonds. The molecule has 1 fully saturated rings. The van der Waals surface area contributed by atoms with Crippen molar-refractivity contribution >= 4 is 17.7 Å². The van der Waals surface area contributed by atoms with Crippen molar-refractivity contribution in [2.75, 3.05) is 12.4 Å². The molecule has 0 aliphatic heterocycles. The van der Waals surface area contributed by atoms with E-state index in [0.29, 0.717) is 17.7 Å². The summed E-state index contributed by atoms with van der Waals surface area (Å²) in [6.07, 6.45) is 3.55. The number of hydrogen-bond donors (Lipinski definition) is 2. The number of nitrogens with zero attached hydrogens (tertiary/aromatic N) is 2. The lowest BCUT2D eigenvalue weighted by molar-refractivity contribution is 0.0712. The largest absolute Gasteiger partial charge is 0.479 e. The fourth-order valence-electron chi connectivity index (χ4n) is 3.25. The number of anilines is 1. The van der Waals surface area contributed by atoms with Gasteiger partial charge in [0.2, 0.25) is 5.88 Å². The van der Waals surface area contributed by atoms with Crippen LogP contribution in [0.4, 0.5) is 14.9 Å².